The molecule has 2 aromatic rings. The molecule has 1 saturated heterocycles. The molecule has 2 fully saturated rings. The van der Waals surface area contributed by atoms with Crippen molar-refractivity contribution in [3.05, 3.63) is 40.4 Å². The highest BCUT2D eigenvalue weighted by molar-refractivity contribution is 8.18. The third-order valence-corrected chi connectivity index (χ3v) is 5.88. The van der Waals surface area contributed by atoms with Crippen LogP contribution in [0.2, 0.25) is 0 Å². The Bertz CT molecular complexity index is 1060. The Morgan fingerprint density at radius 2 is 2.21 bits per heavy atom. The van der Waals surface area contributed by atoms with Crippen molar-refractivity contribution >= 4 is 39.8 Å². The van der Waals surface area contributed by atoms with Crippen LogP contribution in [-0.2, 0) is 4.79 Å². The van der Waals surface area contributed by atoms with Gasteiger partial charge in [-0.25, -0.2) is 0 Å². The van der Waals surface area contributed by atoms with Crippen LogP contribution < -0.4 is 10.1 Å². The normalized spacial score (nSPS) is 19.2. The van der Waals surface area contributed by atoms with Crippen molar-refractivity contribution in [2.24, 2.45) is 4.99 Å². The number of aromatic nitrogens is 1. The molecule has 2 heterocycles. The fourth-order valence-electron chi connectivity index (χ4n) is 3.11. The number of fused-ring (bicyclic) bond motifs is 1. The first kappa shape index (κ1) is 19.5. The van der Waals surface area contributed by atoms with Crippen LogP contribution in [0.15, 0.2) is 34.3 Å². The summed E-state index contributed by atoms with van der Waals surface area (Å²) < 4.78 is 6.18. The standard InChI is InChI=1S/C22H22N4O2S/c1-3-16(4-2)28-20-14(11-23)12-24-18-8-5-13(9-17(18)20)10-19-21(27)26-22(29-19)25-15-6-7-15/h5,8-10,12,15-16H,3-4,6-7H2,1-2H3,(H,25,26,27)/b19-10-. The number of pyridine rings is 1. The van der Waals surface area contributed by atoms with E-state index in [9.17, 15) is 10.1 Å². The number of nitrogens with one attached hydrogen (secondary N) is 1. The van der Waals surface area contributed by atoms with Gasteiger partial charge in [-0.1, -0.05) is 19.9 Å². The van der Waals surface area contributed by atoms with E-state index in [1.54, 1.807) is 6.20 Å². The molecule has 2 aliphatic rings. The molecule has 0 bridgehead atoms. The number of rotatable bonds is 6. The highest BCUT2D eigenvalue weighted by Gasteiger charge is 2.28. The van der Waals surface area contributed by atoms with Gasteiger partial charge in [-0.05, 0) is 61.2 Å². The Hall–Kier alpha value is -2.85. The number of aliphatic imine (C=N–C) groups is 1. The first-order valence-corrected chi connectivity index (χ1v) is 10.7. The fraction of sp³-hybridized carbons (Fsp3) is 0.364. The molecule has 6 nitrogen and oxygen atoms in total. The molecule has 1 aliphatic heterocycles. The summed E-state index contributed by atoms with van der Waals surface area (Å²) in [6, 6.07) is 8.28. The molecule has 29 heavy (non-hydrogen) atoms. The largest absolute Gasteiger partial charge is 0.488 e. The smallest absolute Gasteiger partial charge is 0.264 e. The number of nitrogens with zero attached hydrogens (tertiary/aromatic N) is 3. The number of carbonyl (C=O) groups excluding carboxylic acids is 1. The summed E-state index contributed by atoms with van der Waals surface area (Å²) in [5.41, 5.74) is 2.03. The van der Waals surface area contributed by atoms with Gasteiger partial charge in [-0.3, -0.25) is 14.8 Å². The zero-order valence-corrected chi connectivity index (χ0v) is 17.3. The molecule has 1 N–H and O–H groups in total. The number of benzene rings is 1. The molecule has 1 aromatic heterocycles. The number of amidine groups is 1. The summed E-state index contributed by atoms with van der Waals surface area (Å²) in [6.07, 6.45) is 7.33. The molecule has 148 valence electrons. The minimum Gasteiger partial charge on any atom is -0.488 e. The van der Waals surface area contributed by atoms with Crippen LogP contribution in [0.3, 0.4) is 0 Å². The maximum absolute atomic E-state index is 12.3. The maximum atomic E-state index is 12.3. The third kappa shape index (κ3) is 4.28. The summed E-state index contributed by atoms with van der Waals surface area (Å²) >= 11 is 1.37. The number of hydrogen-bond acceptors (Lipinski definition) is 6. The number of amides is 1. The third-order valence-electron chi connectivity index (χ3n) is 4.95. The number of hydrogen-bond donors (Lipinski definition) is 1. The minimum absolute atomic E-state index is 0.0343. The van der Waals surface area contributed by atoms with Crippen molar-refractivity contribution in [3.63, 3.8) is 0 Å². The highest BCUT2D eigenvalue weighted by atomic mass is 32.2. The predicted octanol–water partition coefficient (Wildman–Crippen LogP) is 4.40. The van der Waals surface area contributed by atoms with Gasteiger partial charge in [0.25, 0.3) is 5.91 Å². The lowest BCUT2D eigenvalue weighted by Crippen LogP contribution is -2.20. The number of ether oxygens (including phenoxy) is 1. The summed E-state index contributed by atoms with van der Waals surface area (Å²) in [7, 11) is 0. The van der Waals surface area contributed by atoms with Gasteiger partial charge >= 0.3 is 0 Å². The van der Waals surface area contributed by atoms with Crippen molar-refractivity contribution < 1.29 is 9.53 Å². The average molecular weight is 407 g/mol. The van der Waals surface area contributed by atoms with Gasteiger partial charge in [0.2, 0.25) is 0 Å². The SMILES string of the molecule is CCC(CC)Oc1c(C#N)cnc2ccc(/C=C3\SC(=NC4CC4)NC3=O)cc12. The number of nitriles is 1. The second-order valence-corrected chi connectivity index (χ2v) is 8.21. The molecule has 1 saturated carbocycles. The first-order chi connectivity index (χ1) is 14.1. The van der Waals surface area contributed by atoms with Gasteiger partial charge in [0.1, 0.15) is 17.4 Å². The highest BCUT2D eigenvalue weighted by Crippen LogP contribution is 2.33. The molecule has 0 spiro atoms. The molecular formula is C22H22N4O2S. The van der Waals surface area contributed by atoms with Gasteiger partial charge < -0.3 is 10.1 Å². The Morgan fingerprint density at radius 3 is 2.90 bits per heavy atom. The van der Waals surface area contributed by atoms with E-state index in [0.717, 1.165) is 42.1 Å². The molecule has 1 amide bonds. The number of thioether (sulfide) groups is 1. The topological polar surface area (TPSA) is 87.4 Å². The molecular weight excluding hydrogens is 384 g/mol. The van der Waals surface area contributed by atoms with Crippen LogP contribution >= 0.6 is 11.8 Å². The van der Waals surface area contributed by atoms with Gasteiger partial charge in [-0.2, -0.15) is 5.26 Å². The van der Waals surface area contributed by atoms with Gasteiger partial charge in [-0.15, -0.1) is 0 Å². The number of carbonyl (C=O) groups is 1. The van der Waals surface area contributed by atoms with Crippen LogP contribution in [0.1, 0.15) is 50.7 Å². The molecule has 1 aromatic carbocycles. The Balaban J connectivity index is 1.71. The predicted molar refractivity (Wildman–Crippen MR) is 116 cm³/mol. The van der Waals surface area contributed by atoms with Crippen molar-refractivity contribution in [3.8, 4) is 11.8 Å². The molecule has 0 atom stereocenters. The molecule has 1 aliphatic carbocycles. The second-order valence-electron chi connectivity index (χ2n) is 7.18. The summed E-state index contributed by atoms with van der Waals surface area (Å²) in [5.74, 6) is 0.429. The van der Waals surface area contributed by atoms with Crippen molar-refractivity contribution in [2.75, 3.05) is 0 Å². The minimum atomic E-state index is -0.132. The Morgan fingerprint density at radius 1 is 1.41 bits per heavy atom. The molecule has 0 unspecified atom stereocenters. The zero-order valence-electron chi connectivity index (χ0n) is 16.4. The van der Waals surface area contributed by atoms with E-state index in [2.05, 4.69) is 35.2 Å². The van der Waals surface area contributed by atoms with E-state index in [-0.39, 0.29) is 12.0 Å². The molecule has 7 heteroatoms. The average Bonchev–Trinajstić information content (AvgIpc) is 3.48. The van der Waals surface area contributed by atoms with E-state index < -0.39 is 0 Å². The van der Waals surface area contributed by atoms with E-state index in [1.807, 2.05) is 24.3 Å². The Labute approximate surface area is 174 Å². The van der Waals surface area contributed by atoms with Crippen molar-refractivity contribution in [1.29, 1.82) is 5.26 Å². The monoisotopic (exact) mass is 406 g/mol. The van der Waals surface area contributed by atoms with Crippen LogP contribution in [0, 0.1) is 11.3 Å². The van der Waals surface area contributed by atoms with E-state index in [1.165, 1.54) is 11.8 Å². The first-order valence-electron chi connectivity index (χ1n) is 9.89. The zero-order chi connectivity index (χ0) is 20.4. The van der Waals surface area contributed by atoms with Gasteiger partial charge in [0.05, 0.1) is 22.6 Å². The van der Waals surface area contributed by atoms with Crippen LogP contribution in [0.25, 0.3) is 17.0 Å². The van der Waals surface area contributed by atoms with Crippen LogP contribution in [0.5, 0.6) is 5.75 Å². The summed E-state index contributed by atoms with van der Waals surface area (Å²) in [6.45, 7) is 4.13. The molecule has 4 rings (SSSR count). The van der Waals surface area contributed by atoms with Crippen LogP contribution in [0.4, 0.5) is 0 Å². The lowest BCUT2D eigenvalue weighted by molar-refractivity contribution is -0.115. The quantitative estimate of drug-likeness (QED) is 0.719. The van der Waals surface area contributed by atoms with E-state index in [0.29, 0.717) is 27.4 Å². The van der Waals surface area contributed by atoms with Gasteiger partial charge in [0, 0.05) is 11.6 Å². The van der Waals surface area contributed by atoms with Gasteiger partial charge in [0.15, 0.2) is 5.17 Å². The van der Waals surface area contributed by atoms with Crippen LogP contribution in [-0.4, -0.2) is 28.2 Å². The summed E-state index contributed by atoms with van der Waals surface area (Å²) in [5, 5.41) is 13.8. The molecule has 0 radical (unpaired) electrons. The van der Waals surface area contributed by atoms with Crippen molar-refractivity contribution in [2.45, 2.75) is 51.7 Å². The fourth-order valence-corrected chi connectivity index (χ4v) is 4.01. The lowest BCUT2D eigenvalue weighted by atomic mass is 10.1. The Kier molecular flexibility index (Phi) is 5.54. The van der Waals surface area contributed by atoms with E-state index >= 15 is 0 Å². The lowest BCUT2D eigenvalue weighted by Gasteiger charge is -2.18. The van der Waals surface area contributed by atoms with E-state index in [4.69, 9.17) is 4.74 Å². The summed E-state index contributed by atoms with van der Waals surface area (Å²) in [4.78, 5) is 21.8. The van der Waals surface area contributed by atoms with Crippen molar-refractivity contribution in [1.82, 2.24) is 10.3 Å². The maximum Gasteiger partial charge on any atom is 0.264 e. The second kappa shape index (κ2) is 8.26.